The summed E-state index contributed by atoms with van der Waals surface area (Å²) >= 11 is 0. The third-order valence-electron chi connectivity index (χ3n) is 7.25. The van der Waals surface area contributed by atoms with Crippen molar-refractivity contribution in [2.24, 2.45) is 22.5 Å². The van der Waals surface area contributed by atoms with Gasteiger partial charge in [-0.05, 0) is 54.7 Å². The molecule has 1 aromatic carbocycles. The van der Waals surface area contributed by atoms with Gasteiger partial charge in [0.1, 0.15) is 24.5 Å². The fourth-order valence-electron chi connectivity index (χ4n) is 4.25. The van der Waals surface area contributed by atoms with E-state index in [0.717, 1.165) is 0 Å². The number of rotatable bonds is 18. The van der Waals surface area contributed by atoms with Crippen molar-refractivity contribution in [1.82, 2.24) is 21.3 Å². The lowest BCUT2D eigenvalue weighted by atomic mass is 9.88. The van der Waals surface area contributed by atoms with Crippen molar-refractivity contribution in [3.05, 3.63) is 29.8 Å². The van der Waals surface area contributed by atoms with E-state index in [4.69, 9.17) is 10.5 Å². The summed E-state index contributed by atoms with van der Waals surface area (Å²) in [6.07, 6.45) is 1.78. The van der Waals surface area contributed by atoms with Gasteiger partial charge in [0.2, 0.25) is 17.7 Å². The molecule has 0 radical (unpaired) electrons. The van der Waals surface area contributed by atoms with Gasteiger partial charge in [-0.2, -0.15) is 0 Å². The van der Waals surface area contributed by atoms with Crippen LogP contribution in [0.3, 0.4) is 0 Å². The second-order valence-electron chi connectivity index (χ2n) is 14.3. The van der Waals surface area contributed by atoms with E-state index < -0.39 is 41.4 Å². The van der Waals surface area contributed by atoms with Gasteiger partial charge in [-0.15, -0.1) is 0 Å². The highest BCUT2D eigenvalue weighted by molar-refractivity contribution is 5.98. The Kier molecular flexibility index (Phi) is 16.9. The van der Waals surface area contributed by atoms with Crippen molar-refractivity contribution >= 4 is 41.3 Å². The second kappa shape index (κ2) is 19.5. The van der Waals surface area contributed by atoms with Gasteiger partial charge >= 0.3 is 12.1 Å². The first-order valence-electron chi connectivity index (χ1n) is 16.2. The Balaban J connectivity index is 2.78. The van der Waals surface area contributed by atoms with Gasteiger partial charge < -0.3 is 37.1 Å². The van der Waals surface area contributed by atoms with Crippen LogP contribution in [0.5, 0.6) is 0 Å². The van der Waals surface area contributed by atoms with Gasteiger partial charge in [0, 0.05) is 37.0 Å². The maximum Gasteiger partial charge on any atom is 0.407 e. The predicted molar refractivity (Wildman–Crippen MR) is 181 cm³/mol. The summed E-state index contributed by atoms with van der Waals surface area (Å²) in [6, 6.07) is 4.18. The third-order valence-corrected chi connectivity index (χ3v) is 7.25. The zero-order valence-corrected chi connectivity index (χ0v) is 29.3. The van der Waals surface area contributed by atoms with E-state index in [9.17, 15) is 28.8 Å². The quantitative estimate of drug-likeness (QED) is 0.127. The van der Waals surface area contributed by atoms with Crippen LogP contribution >= 0.6 is 0 Å². The standard InChI is InChI=1S/C34H56N6O7/c1-22(2)28(40-27(42)17-18-33(3,4)5)30(44)39-25(11-9-19-36-31(35)45)29(43)38-24-15-13-23(14-16-24)21-47-32(46)37-20-10-12-26(41)34(6,7)8/h13-16,22,25,28H,9-12,17-21H2,1-8H3,(H,37,46)(H,38,43)(H,39,44)(H,40,42)(H3,35,36,45)/t25-,28-/m0/s1. The van der Waals surface area contributed by atoms with E-state index in [1.807, 2.05) is 55.4 Å². The van der Waals surface area contributed by atoms with Crippen LogP contribution in [0.25, 0.3) is 0 Å². The van der Waals surface area contributed by atoms with Crippen LogP contribution < -0.4 is 32.3 Å². The second-order valence-corrected chi connectivity index (χ2v) is 14.3. The molecule has 0 unspecified atom stereocenters. The molecule has 0 aliphatic carbocycles. The van der Waals surface area contributed by atoms with Crippen molar-refractivity contribution in [2.75, 3.05) is 18.4 Å². The first kappa shape index (κ1) is 40.9. The first-order chi connectivity index (χ1) is 21.8. The Morgan fingerprint density at radius 3 is 1.98 bits per heavy atom. The van der Waals surface area contributed by atoms with Crippen LogP contribution in [0, 0.1) is 16.7 Å². The van der Waals surface area contributed by atoms with E-state index in [2.05, 4.69) is 26.6 Å². The molecule has 0 spiro atoms. The number of nitrogens with one attached hydrogen (secondary N) is 5. The molecule has 0 saturated carbocycles. The van der Waals surface area contributed by atoms with Crippen molar-refractivity contribution in [3.63, 3.8) is 0 Å². The fraction of sp³-hybridized carbons (Fsp3) is 0.647. The minimum atomic E-state index is -0.963. The topological polar surface area (TPSA) is 198 Å². The van der Waals surface area contributed by atoms with Crippen LogP contribution in [-0.2, 0) is 30.5 Å². The summed E-state index contributed by atoms with van der Waals surface area (Å²) < 4.78 is 5.24. The van der Waals surface area contributed by atoms with Gasteiger partial charge in [-0.1, -0.05) is 67.5 Å². The number of carbonyl (C=O) groups excluding carboxylic acids is 6. The monoisotopic (exact) mass is 660 g/mol. The highest BCUT2D eigenvalue weighted by atomic mass is 16.5. The van der Waals surface area contributed by atoms with Crippen molar-refractivity contribution in [3.8, 4) is 0 Å². The van der Waals surface area contributed by atoms with Crippen LogP contribution in [0.1, 0.15) is 99.5 Å². The molecule has 0 aliphatic heterocycles. The number of ketones is 1. The molecule has 0 aliphatic rings. The number of benzene rings is 1. The van der Waals surface area contributed by atoms with E-state index in [1.165, 1.54) is 0 Å². The number of ether oxygens (including phenoxy) is 1. The Bertz CT molecular complexity index is 1200. The van der Waals surface area contributed by atoms with Crippen LogP contribution in [0.2, 0.25) is 0 Å². The number of urea groups is 1. The number of amides is 6. The van der Waals surface area contributed by atoms with E-state index in [0.29, 0.717) is 43.5 Å². The Hall–Kier alpha value is -4.16. The number of alkyl carbamates (subject to hydrolysis) is 1. The SMILES string of the molecule is CC(C)[C@H](NC(=O)CCC(C)(C)C)C(=O)N[C@@H](CCCNC(N)=O)C(=O)Nc1ccc(COC(=O)NCCCC(=O)C(C)(C)C)cc1. The zero-order valence-electron chi connectivity index (χ0n) is 29.3. The molecule has 0 bridgehead atoms. The molecule has 6 amide bonds. The van der Waals surface area contributed by atoms with Gasteiger partial charge in [-0.3, -0.25) is 19.2 Å². The summed E-state index contributed by atoms with van der Waals surface area (Å²) in [7, 11) is 0. The van der Waals surface area contributed by atoms with Crippen LogP contribution in [0.4, 0.5) is 15.3 Å². The molecule has 2 atom stereocenters. The summed E-state index contributed by atoms with van der Waals surface area (Å²) in [6.45, 7) is 15.8. The lowest BCUT2D eigenvalue weighted by Crippen LogP contribution is -2.54. The zero-order chi connectivity index (χ0) is 35.8. The smallest absolute Gasteiger partial charge is 0.407 e. The Morgan fingerprint density at radius 1 is 0.809 bits per heavy atom. The number of hydrogen-bond acceptors (Lipinski definition) is 7. The fourth-order valence-corrected chi connectivity index (χ4v) is 4.25. The van der Waals surface area contributed by atoms with Crippen molar-refractivity contribution in [2.45, 2.75) is 113 Å². The highest BCUT2D eigenvalue weighted by Crippen LogP contribution is 2.21. The average molecular weight is 661 g/mol. The van der Waals surface area contributed by atoms with Crippen molar-refractivity contribution < 1.29 is 33.5 Å². The Labute approximate surface area is 279 Å². The molecule has 7 N–H and O–H groups in total. The molecule has 0 fully saturated rings. The molecule has 13 nitrogen and oxygen atoms in total. The predicted octanol–water partition coefficient (Wildman–Crippen LogP) is 4.15. The summed E-state index contributed by atoms with van der Waals surface area (Å²) in [5.74, 6) is -1.31. The van der Waals surface area contributed by atoms with E-state index in [-0.39, 0.29) is 49.0 Å². The summed E-state index contributed by atoms with van der Waals surface area (Å²) in [5.41, 5.74) is 5.83. The van der Waals surface area contributed by atoms with Gasteiger partial charge in [0.25, 0.3) is 0 Å². The normalized spacial score (nSPS) is 12.8. The number of carbonyl (C=O) groups is 6. The van der Waals surface area contributed by atoms with E-state index in [1.54, 1.807) is 24.3 Å². The van der Waals surface area contributed by atoms with Crippen LogP contribution in [0.15, 0.2) is 24.3 Å². The molecule has 47 heavy (non-hydrogen) atoms. The number of nitrogens with two attached hydrogens (primary N) is 1. The lowest BCUT2D eigenvalue weighted by molar-refractivity contribution is -0.132. The molecule has 1 aromatic rings. The summed E-state index contributed by atoms with van der Waals surface area (Å²) in [5, 5.41) is 13.5. The lowest BCUT2D eigenvalue weighted by Gasteiger charge is -2.26. The molecule has 1 rings (SSSR count). The minimum absolute atomic E-state index is 0.00455. The third kappa shape index (κ3) is 17.9. The van der Waals surface area contributed by atoms with E-state index >= 15 is 0 Å². The highest BCUT2D eigenvalue weighted by Gasteiger charge is 2.29. The maximum absolute atomic E-state index is 13.3. The number of primary amides is 1. The van der Waals surface area contributed by atoms with Gasteiger partial charge in [0.05, 0.1) is 0 Å². The Morgan fingerprint density at radius 2 is 1.43 bits per heavy atom. The molecule has 13 heteroatoms. The first-order valence-corrected chi connectivity index (χ1v) is 16.2. The van der Waals surface area contributed by atoms with Crippen LogP contribution in [-0.4, -0.2) is 60.8 Å². The average Bonchev–Trinajstić information content (AvgIpc) is 2.96. The molecule has 0 aromatic heterocycles. The molecule has 264 valence electrons. The van der Waals surface area contributed by atoms with Crippen molar-refractivity contribution in [1.29, 1.82) is 0 Å². The minimum Gasteiger partial charge on any atom is -0.445 e. The molecular formula is C34H56N6O7. The largest absolute Gasteiger partial charge is 0.445 e. The number of Topliss-reactive ketones (excluding diaryl/α,β-unsaturated/α-hetero) is 1. The molecule has 0 saturated heterocycles. The molecule has 0 heterocycles. The maximum atomic E-state index is 13.3. The number of anilines is 1. The van der Waals surface area contributed by atoms with Gasteiger partial charge in [-0.25, -0.2) is 9.59 Å². The van der Waals surface area contributed by atoms with Gasteiger partial charge in [0.15, 0.2) is 0 Å². The summed E-state index contributed by atoms with van der Waals surface area (Å²) in [4.78, 5) is 74.3. The molecular weight excluding hydrogens is 604 g/mol. The number of hydrogen-bond donors (Lipinski definition) is 6.